The summed E-state index contributed by atoms with van der Waals surface area (Å²) in [5, 5.41) is 12.3. The van der Waals surface area contributed by atoms with Crippen molar-refractivity contribution >= 4 is 40.2 Å². The van der Waals surface area contributed by atoms with Crippen molar-refractivity contribution in [2.45, 2.75) is 46.6 Å². The number of halogens is 1. The first-order chi connectivity index (χ1) is 16.8. The second kappa shape index (κ2) is 10.3. The first-order valence-corrected chi connectivity index (χ1v) is 12.0. The van der Waals surface area contributed by atoms with E-state index in [-0.39, 0.29) is 22.9 Å². The molecule has 0 bridgehead atoms. The van der Waals surface area contributed by atoms with Crippen molar-refractivity contribution in [3.63, 3.8) is 0 Å². The van der Waals surface area contributed by atoms with Crippen molar-refractivity contribution in [3.8, 4) is 0 Å². The summed E-state index contributed by atoms with van der Waals surface area (Å²) in [6, 6.07) is 17.0. The molecule has 35 heavy (non-hydrogen) atoms. The van der Waals surface area contributed by atoms with E-state index in [2.05, 4.69) is 42.8 Å². The van der Waals surface area contributed by atoms with E-state index in [0.29, 0.717) is 24.2 Å². The number of aryl methyl sites for hydroxylation is 4. The zero-order chi connectivity index (χ0) is 25.1. The van der Waals surface area contributed by atoms with Crippen LogP contribution in [0, 0.1) is 13.8 Å². The van der Waals surface area contributed by atoms with Gasteiger partial charge in [-0.05, 0) is 66.8 Å². The summed E-state index contributed by atoms with van der Waals surface area (Å²) < 4.78 is 2.27. The normalized spacial score (nSPS) is 11.1. The Hall–Kier alpha value is -3.64. The maximum Gasteiger partial charge on any atom is 0.337 e. The Bertz CT molecular complexity index is 1410. The molecule has 0 unspecified atom stereocenters. The number of imidazole rings is 1. The van der Waals surface area contributed by atoms with E-state index in [1.54, 1.807) is 12.1 Å². The Balaban J connectivity index is 1.43. The number of rotatable bonds is 8. The van der Waals surface area contributed by atoms with Gasteiger partial charge in [-0.15, -0.1) is 0 Å². The monoisotopic (exact) mass is 489 g/mol. The van der Waals surface area contributed by atoms with Gasteiger partial charge in [0.1, 0.15) is 5.82 Å². The van der Waals surface area contributed by atoms with E-state index in [1.165, 1.54) is 17.2 Å². The van der Waals surface area contributed by atoms with Gasteiger partial charge in [-0.1, -0.05) is 48.9 Å². The average Bonchev–Trinajstić information content (AvgIpc) is 3.16. The standard InChI is InChI=1S/C28H28ClN3O3/c1-4-24-31-23-15-17(2)14-18(3)27(23)32(24)16-19-8-11-21(12-9-19)30-25(33)13-10-20-6-5-7-22(26(20)29)28(34)35/h5-9,11-12,14-15H,4,10,13,16H2,1-3H3,(H,30,33)(H,34,35). The smallest absolute Gasteiger partial charge is 0.337 e. The highest BCUT2D eigenvalue weighted by Crippen LogP contribution is 2.25. The Kier molecular flexibility index (Phi) is 7.22. The zero-order valence-electron chi connectivity index (χ0n) is 20.1. The van der Waals surface area contributed by atoms with Crippen LogP contribution >= 0.6 is 11.6 Å². The highest BCUT2D eigenvalue weighted by atomic mass is 35.5. The highest BCUT2D eigenvalue weighted by Gasteiger charge is 2.14. The van der Waals surface area contributed by atoms with Gasteiger partial charge in [0.15, 0.2) is 0 Å². The maximum atomic E-state index is 12.5. The molecule has 0 aliphatic rings. The van der Waals surface area contributed by atoms with E-state index in [0.717, 1.165) is 28.8 Å². The Morgan fingerprint density at radius 3 is 2.51 bits per heavy atom. The van der Waals surface area contributed by atoms with Crippen LogP contribution < -0.4 is 5.32 Å². The summed E-state index contributed by atoms with van der Waals surface area (Å²) in [4.78, 5) is 28.5. The Labute approximate surface area is 209 Å². The first kappa shape index (κ1) is 24.5. The summed E-state index contributed by atoms with van der Waals surface area (Å²) in [5.74, 6) is -0.187. The quantitative estimate of drug-likeness (QED) is 0.309. The molecule has 0 atom stereocenters. The van der Waals surface area contributed by atoms with Crippen LogP contribution in [0.15, 0.2) is 54.6 Å². The van der Waals surface area contributed by atoms with Crippen LogP contribution in [-0.4, -0.2) is 26.5 Å². The van der Waals surface area contributed by atoms with Gasteiger partial charge in [0.05, 0.1) is 21.6 Å². The number of carbonyl (C=O) groups excluding carboxylic acids is 1. The summed E-state index contributed by atoms with van der Waals surface area (Å²) in [7, 11) is 0. The number of carboxylic acids is 1. The molecular formula is C28H28ClN3O3. The summed E-state index contributed by atoms with van der Waals surface area (Å²) in [6.07, 6.45) is 1.40. The van der Waals surface area contributed by atoms with E-state index >= 15 is 0 Å². The second-order valence-corrected chi connectivity index (χ2v) is 9.12. The topological polar surface area (TPSA) is 84.2 Å². The number of fused-ring (bicyclic) bond motifs is 1. The van der Waals surface area contributed by atoms with Crippen LogP contribution in [0.3, 0.4) is 0 Å². The van der Waals surface area contributed by atoms with Gasteiger partial charge in [0.2, 0.25) is 5.91 Å². The fourth-order valence-electron chi connectivity index (χ4n) is 4.43. The van der Waals surface area contributed by atoms with Crippen LogP contribution in [0.1, 0.15) is 51.8 Å². The minimum atomic E-state index is -1.08. The lowest BCUT2D eigenvalue weighted by Crippen LogP contribution is -2.13. The van der Waals surface area contributed by atoms with E-state index in [9.17, 15) is 14.7 Å². The first-order valence-electron chi connectivity index (χ1n) is 11.6. The molecule has 180 valence electrons. The molecule has 1 amide bonds. The lowest BCUT2D eigenvalue weighted by Gasteiger charge is -2.12. The van der Waals surface area contributed by atoms with Gasteiger partial charge in [0.25, 0.3) is 0 Å². The van der Waals surface area contributed by atoms with Gasteiger partial charge >= 0.3 is 5.97 Å². The number of anilines is 1. The van der Waals surface area contributed by atoms with Crippen LogP contribution in [0.2, 0.25) is 5.02 Å². The number of carbonyl (C=O) groups is 2. The zero-order valence-corrected chi connectivity index (χ0v) is 20.8. The number of carboxylic acid groups (broad SMARTS) is 1. The van der Waals surface area contributed by atoms with Crippen molar-refractivity contribution in [2.75, 3.05) is 5.32 Å². The molecule has 0 saturated heterocycles. The third-order valence-corrected chi connectivity index (χ3v) is 6.53. The maximum absolute atomic E-state index is 12.5. The molecule has 6 nitrogen and oxygen atoms in total. The van der Waals surface area contributed by atoms with Crippen LogP contribution in [-0.2, 0) is 24.2 Å². The van der Waals surface area contributed by atoms with Crippen molar-refractivity contribution in [2.24, 2.45) is 0 Å². The molecule has 4 aromatic rings. The van der Waals surface area contributed by atoms with Crippen LogP contribution in [0.4, 0.5) is 5.69 Å². The lowest BCUT2D eigenvalue weighted by molar-refractivity contribution is -0.116. The molecular weight excluding hydrogens is 462 g/mol. The predicted octanol–water partition coefficient (Wildman–Crippen LogP) is 6.19. The predicted molar refractivity (Wildman–Crippen MR) is 139 cm³/mol. The molecule has 7 heteroatoms. The molecule has 0 radical (unpaired) electrons. The summed E-state index contributed by atoms with van der Waals surface area (Å²) >= 11 is 6.18. The Morgan fingerprint density at radius 1 is 1.09 bits per heavy atom. The molecule has 4 rings (SSSR count). The molecule has 0 aliphatic carbocycles. The lowest BCUT2D eigenvalue weighted by atomic mass is 10.1. The second-order valence-electron chi connectivity index (χ2n) is 8.75. The number of aromatic nitrogens is 2. The molecule has 3 aromatic carbocycles. The van der Waals surface area contributed by atoms with E-state index in [4.69, 9.17) is 16.6 Å². The van der Waals surface area contributed by atoms with Gasteiger partial charge in [-0.2, -0.15) is 0 Å². The third-order valence-electron chi connectivity index (χ3n) is 6.08. The number of benzene rings is 3. The molecule has 0 fully saturated rings. The molecule has 2 N–H and O–H groups in total. The van der Waals surface area contributed by atoms with Gasteiger partial charge < -0.3 is 15.0 Å². The fourth-order valence-corrected chi connectivity index (χ4v) is 4.73. The SMILES string of the molecule is CCc1nc2cc(C)cc(C)c2n1Cc1ccc(NC(=O)CCc2cccc(C(=O)O)c2Cl)cc1. The van der Waals surface area contributed by atoms with Gasteiger partial charge in [0, 0.05) is 25.1 Å². The molecule has 0 aliphatic heterocycles. The van der Waals surface area contributed by atoms with Crippen molar-refractivity contribution in [1.29, 1.82) is 0 Å². The van der Waals surface area contributed by atoms with Crippen molar-refractivity contribution < 1.29 is 14.7 Å². The largest absolute Gasteiger partial charge is 0.478 e. The summed E-state index contributed by atoms with van der Waals surface area (Å²) in [5.41, 5.74) is 7.12. The Morgan fingerprint density at radius 2 is 1.83 bits per heavy atom. The van der Waals surface area contributed by atoms with Crippen molar-refractivity contribution in [3.05, 3.63) is 93.3 Å². The number of hydrogen-bond donors (Lipinski definition) is 2. The minimum absolute atomic E-state index is 0.0439. The summed E-state index contributed by atoms with van der Waals surface area (Å²) in [6.45, 7) is 7.03. The molecule has 0 saturated carbocycles. The van der Waals surface area contributed by atoms with Gasteiger partial charge in [-0.25, -0.2) is 9.78 Å². The number of aromatic carboxylic acids is 1. The van der Waals surface area contributed by atoms with E-state index < -0.39 is 5.97 Å². The number of nitrogens with zero attached hydrogens (tertiary/aromatic N) is 2. The molecule has 1 heterocycles. The number of hydrogen-bond acceptors (Lipinski definition) is 3. The van der Waals surface area contributed by atoms with E-state index in [1.807, 2.05) is 24.3 Å². The number of amides is 1. The molecule has 0 spiro atoms. The third kappa shape index (κ3) is 5.38. The van der Waals surface area contributed by atoms with Crippen LogP contribution in [0.25, 0.3) is 11.0 Å². The average molecular weight is 490 g/mol. The fraction of sp³-hybridized carbons (Fsp3) is 0.250. The molecule has 1 aromatic heterocycles. The number of nitrogens with one attached hydrogen (secondary N) is 1. The van der Waals surface area contributed by atoms with Crippen molar-refractivity contribution in [1.82, 2.24) is 9.55 Å². The highest BCUT2D eigenvalue weighted by molar-refractivity contribution is 6.34. The van der Waals surface area contributed by atoms with Gasteiger partial charge in [-0.3, -0.25) is 4.79 Å². The minimum Gasteiger partial charge on any atom is -0.478 e. The van der Waals surface area contributed by atoms with Crippen LogP contribution in [0.5, 0.6) is 0 Å².